The molecule has 0 saturated heterocycles. The van der Waals surface area contributed by atoms with Crippen molar-refractivity contribution in [3.8, 4) is 16.9 Å². The molecule has 0 saturated carbocycles. The van der Waals surface area contributed by atoms with Gasteiger partial charge >= 0.3 is 5.97 Å². The number of carboxylic acid groups (broad SMARTS) is 1. The second kappa shape index (κ2) is 4.58. The summed E-state index contributed by atoms with van der Waals surface area (Å²) in [6, 6.07) is 9.85. The van der Waals surface area contributed by atoms with Crippen LogP contribution in [0.4, 0.5) is 4.39 Å². The van der Waals surface area contributed by atoms with Crippen LogP contribution in [-0.2, 0) is 6.42 Å². The van der Waals surface area contributed by atoms with E-state index in [0.29, 0.717) is 5.56 Å². The molecule has 2 aromatic rings. The first-order chi connectivity index (χ1) is 9.85. The summed E-state index contributed by atoms with van der Waals surface area (Å²) in [5, 5.41) is 9.00. The van der Waals surface area contributed by atoms with Crippen LogP contribution in [0.15, 0.2) is 36.4 Å². The van der Waals surface area contributed by atoms with E-state index in [1.165, 1.54) is 12.1 Å². The maximum atomic E-state index is 13.5. The lowest BCUT2D eigenvalue weighted by molar-refractivity contribution is 0.0692. The van der Waals surface area contributed by atoms with Gasteiger partial charge in [-0.15, -0.1) is 0 Å². The summed E-state index contributed by atoms with van der Waals surface area (Å²) in [7, 11) is 0. The van der Waals surface area contributed by atoms with Gasteiger partial charge in [0.1, 0.15) is 17.2 Å². The molecule has 0 bridgehead atoms. The molecule has 1 heterocycles. The fourth-order valence-electron chi connectivity index (χ4n) is 2.66. The van der Waals surface area contributed by atoms with E-state index < -0.39 is 11.8 Å². The minimum atomic E-state index is -1.26. The number of ether oxygens (including phenoxy) is 1. The molecule has 0 aliphatic carbocycles. The van der Waals surface area contributed by atoms with Crippen LogP contribution in [0.2, 0.25) is 0 Å². The van der Waals surface area contributed by atoms with Crippen LogP contribution in [0.3, 0.4) is 0 Å². The topological polar surface area (TPSA) is 46.5 Å². The molecule has 3 rings (SSSR count). The predicted molar refractivity (Wildman–Crippen MR) is 77.2 cm³/mol. The van der Waals surface area contributed by atoms with Gasteiger partial charge in [0.2, 0.25) is 0 Å². The van der Waals surface area contributed by atoms with Crippen LogP contribution in [0.5, 0.6) is 5.75 Å². The summed E-state index contributed by atoms with van der Waals surface area (Å²) in [4.78, 5) is 11.0. The predicted octanol–water partition coefficient (Wildman–Crippen LogP) is 3.90. The first kappa shape index (κ1) is 13.6. The third-order valence-electron chi connectivity index (χ3n) is 3.59. The first-order valence-corrected chi connectivity index (χ1v) is 6.71. The number of fused-ring (bicyclic) bond motifs is 1. The highest BCUT2D eigenvalue weighted by Crippen LogP contribution is 2.37. The number of carboxylic acids is 1. The van der Waals surface area contributed by atoms with E-state index in [1.807, 2.05) is 32.0 Å². The average molecular weight is 286 g/mol. The van der Waals surface area contributed by atoms with Gasteiger partial charge in [0, 0.05) is 6.42 Å². The highest BCUT2D eigenvalue weighted by atomic mass is 19.1. The summed E-state index contributed by atoms with van der Waals surface area (Å²) in [5.41, 5.74) is 2.08. The SMILES string of the molecule is CC1(C)Cc2cc(-c3ccc(F)c(C(=O)O)c3)ccc2O1. The second-order valence-electron chi connectivity index (χ2n) is 5.86. The maximum absolute atomic E-state index is 13.5. The first-order valence-electron chi connectivity index (χ1n) is 6.71. The van der Waals surface area contributed by atoms with Gasteiger partial charge in [-0.25, -0.2) is 9.18 Å². The van der Waals surface area contributed by atoms with Gasteiger partial charge in [0.25, 0.3) is 0 Å². The van der Waals surface area contributed by atoms with E-state index >= 15 is 0 Å². The maximum Gasteiger partial charge on any atom is 0.338 e. The highest BCUT2D eigenvalue weighted by Gasteiger charge is 2.30. The van der Waals surface area contributed by atoms with Crippen molar-refractivity contribution in [2.45, 2.75) is 25.9 Å². The molecule has 0 amide bonds. The molecule has 3 nitrogen and oxygen atoms in total. The lowest BCUT2D eigenvalue weighted by Crippen LogP contribution is -2.24. The van der Waals surface area contributed by atoms with Gasteiger partial charge in [0.05, 0.1) is 5.56 Å². The molecule has 1 N–H and O–H groups in total. The van der Waals surface area contributed by atoms with Crippen LogP contribution in [0.25, 0.3) is 11.1 Å². The molecular weight excluding hydrogens is 271 g/mol. The van der Waals surface area contributed by atoms with Crippen LogP contribution < -0.4 is 4.74 Å². The van der Waals surface area contributed by atoms with Crippen molar-refractivity contribution < 1.29 is 19.0 Å². The Hall–Kier alpha value is -2.36. The molecule has 1 aliphatic rings. The van der Waals surface area contributed by atoms with Crippen molar-refractivity contribution in [2.24, 2.45) is 0 Å². The Bertz CT molecular complexity index is 735. The summed E-state index contributed by atoms with van der Waals surface area (Å²) >= 11 is 0. The zero-order chi connectivity index (χ0) is 15.2. The molecular formula is C17H15FO3. The zero-order valence-electron chi connectivity index (χ0n) is 11.8. The monoisotopic (exact) mass is 286 g/mol. The molecule has 108 valence electrons. The van der Waals surface area contributed by atoms with Gasteiger partial charge in [-0.2, -0.15) is 0 Å². The van der Waals surface area contributed by atoms with E-state index in [9.17, 15) is 9.18 Å². The van der Waals surface area contributed by atoms with Crippen LogP contribution in [0.1, 0.15) is 29.8 Å². The summed E-state index contributed by atoms with van der Waals surface area (Å²) < 4.78 is 19.3. The van der Waals surface area contributed by atoms with E-state index in [-0.39, 0.29) is 11.2 Å². The highest BCUT2D eigenvalue weighted by molar-refractivity contribution is 5.89. The zero-order valence-corrected chi connectivity index (χ0v) is 11.8. The Morgan fingerprint density at radius 1 is 1.19 bits per heavy atom. The van der Waals surface area contributed by atoms with E-state index in [2.05, 4.69) is 0 Å². The molecule has 0 unspecified atom stereocenters. The van der Waals surface area contributed by atoms with Crippen molar-refractivity contribution in [3.63, 3.8) is 0 Å². The Balaban J connectivity index is 2.03. The Morgan fingerprint density at radius 2 is 1.86 bits per heavy atom. The quantitative estimate of drug-likeness (QED) is 0.910. The Kier molecular flexibility index (Phi) is 2.97. The van der Waals surface area contributed by atoms with Crippen LogP contribution in [-0.4, -0.2) is 16.7 Å². The van der Waals surface area contributed by atoms with Crippen molar-refractivity contribution in [1.29, 1.82) is 0 Å². The molecule has 21 heavy (non-hydrogen) atoms. The fourth-order valence-corrected chi connectivity index (χ4v) is 2.66. The van der Waals surface area contributed by atoms with Gasteiger partial charge in [-0.05, 0) is 54.8 Å². The molecule has 0 aromatic heterocycles. The van der Waals surface area contributed by atoms with Gasteiger partial charge in [-0.3, -0.25) is 0 Å². The van der Waals surface area contributed by atoms with Crippen LogP contribution in [0, 0.1) is 5.82 Å². The smallest absolute Gasteiger partial charge is 0.338 e. The number of halogens is 1. The molecule has 0 atom stereocenters. The van der Waals surface area contributed by atoms with Crippen molar-refractivity contribution in [2.75, 3.05) is 0 Å². The summed E-state index contributed by atoms with van der Waals surface area (Å²) in [6.45, 7) is 4.04. The largest absolute Gasteiger partial charge is 0.487 e. The second-order valence-corrected chi connectivity index (χ2v) is 5.86. The average Bonchev–Trinajstić information content (AvgIpc) is 2.71. The lowest BCUT2D eigenvalue weighted by atomic mass is 9.97. The number of aromatic carboxylic acids is 1. The third-order valence-corrected chi connectivity index (χ3v) is 3.59. The number of hydrogen-bond donors (Lipinski definition) is 1. The molecule has 0 spiro atoms. The Labute approximate surface area is 122 Å². The number of benzene rings is 2. The number of rotatable bonds is 2. The Morgan fingerprint density at radius 3 is 2.57 bits per heavy atom. The molecule has 0 radical (unpaired) electrons. The summed E-state index contributed by atoms with van der Waals surface area (Å²) in [5.74, 6) is -1.14. The standard InChI is InChI=1S/C17H15FO3/c1-17(2)9-12-7-10(4-6-15(12)21-17)11-3-5-14(18)13(8-11)16(19)20/h3-8H,9H2,1-2H3,(H,19,20). The third kappa shape index (κ3) is 2.49. The van der Waals surface area contributed by atoms with Gasteiger partial charge in [0.15, 0.2) is 0 Å². The lowest BCUT2D eigenvalue weighted by Gasteiger charge is -2.16. The van der Waals surface area contributed by atoms with Crippen molar-refractivity contribution >= 4 is 5.97 Å². The fraction of sp³-hybridized carbons (Fsp3) is 0.235. The molecule has 2 aromatic carbocycles. The van der Waals surface area contributed by atoms with E-state index in [1.54, 1.807) is 6.07 Å². The van der Waals surface area contributed by atoms with E-state index in [4.69, 9.17) is 9.84 Å². The number of carbonyl (C=O) groups is 1. The van der Waals surface area contributed by atoms with Crippen molar-refractivity contribution in [3.05, 3.63) is 53.3 Å². The normalized spacial score (nSPS) is 15.4. The van der Waals surface area contributed by atoms with E-state index in [0.717, 1.165) is 23.3 Å². The van der Waals surface area contributed by atoms with Crippen LogP contribution >= 0.6 is 0 Å². The van der Waals surface area contributed by atoms with Gasteiger partial charge in [-0.1, -0.05) is 12.1 Å². The number of hydrogen-bond acceptors (Lipinski definition) is 2. The molecule has 1 aliphatic heterocycles. The van der Waals surface area contributed by atoms with Gasteiger partial charge < -0.3 is 9.84 Å². The minimum Gasteiger partial charge on any atom is -0.487 e. The minimum absolute atomic E-state index is 0.226. The van der Waals surface area contributed by atoms with Crippen molar-refractivity contribution in [1.82, 2.24) is 0 Å². The summed E-state index contributed by atoms with van der Waals surface area (Å²) in [6.07, 6.45) is 0.795. The molecule has 4 heteroatoms. The molecule has 0 fully saturated rings.